The molecule has 10 heteroatoms. The fourth-order valence-electron chi connectivity index (χ4n) is 3.79. The molecule has 1 saturated heterocycles. The molecule has 3 amide bonds. The van der Waals surface area contributed by atoms with Crippen LogP contribution in [0.3, 0.4) is 0 Å². The number of imide groups is 1. The maximum Gasteiger partial charge on any atom is 0.255 e. The number of amides is 3. The second-order valence-corrected chi connectivity index (χ2v) is 7.24. The molecule has 3 aromatic rings. The Morgan fingerprint density at radius 3 is 2.77 bits per heavy atom. The van der Waals surface area contributed by atoms with Gasteiger partial charge in [-0.2, -0.15) is 0 Å². The largest absolute Gasteiger partial charge is 0.384 e. The molecule has 30 heavy (non-hydrogen) atoms. The average Bonchev–Trinajstić information content (AvgIpc) is 3.34. The number of carbonyl (C=O) groups excluding carboxylic acids is 3. The average molecular weight is 403 g/mol. The Labute approximate surface area is 170 Å². The van der Waals surface area contributed by atoms with Crippen molar-refractivity contribution in [2.45, 2.75) is 25.4 Å². The van der Waals surface area contributed by atoms with Crippen molar-refractivity contribution < 1.29 is 14.4 Å². The standard InChI is InChI=1S/C20H17N7O3/c21-17-3-1-2-14(22-17)15-10-27(25-24-15)12-5-4-11-9-26(20(30)13(11)8-12)16-6-7-18(28)23-19(16)29/h1-5,8,10,16H,6-7,9H2,(H2,21,22)(H,23,28,29). The molecule has 0 saturated carbocycles. The second-order valence-electron chi connectivity index (χ2n) is 7.24. The summed E-state index contributed by atoms with van der Waals surface area (Å²) in [5.74, 6) is -0.583. The van der Waals surface area contributed by atoms with Crippen LogP contribution < -0.4 is 11.1 Å². The minimum Gasteiger partial charge on any atom is -0.384 e. The molecule has 1 atom stereocenters. The number of hydrogen-bond donors (Lipinski definition) is 2. The topological polar surface area (TPSA) is 136 Å². The van der Waals surface area contributed by atoms with Gasteiger partial charge in [-0.15, -0.1) is 5.10 Å². The molecule has 0 aliphatic carbocycles. The Bertz CT molecular complexity index is 1200. The SMILES string of the molecule is Nc1cccc(-c2cn(-c3ccc4c(c3)C(=O)N(C3CCC(=O)NC3=O)C4)nn2)n1. The van der Waals surface area contributed by atoms with E-state index in [-0.39, 0.29) is 18.2 Å². The van der Waals surface area contributed by atoms with Crippen molar-refractivity contribution in [3.05, 3.63) is 53.7 Å². The molecule has 10 nitrogen and oxygen atoms in total. The molecule has 0 radical (unpaired) electrons. The normalized spacial score (nSPS) is 18.5. The predicted octanol–water partition coefficient (Wildman–Crippen LogP) is 0.672. The van der Waals surface area contributed by atoms with Gasteiger partial charge in [-0.05, 0) is 36.2 Å². The molecule has 0 spiro atoms. The fourth-order valence-corrected chi connectivity index (χ4v) is 3.79. The lowest BCUT2D eigenvalue weighted by Gasteiger charge is -2.29. The summed E-state index contributed by atoms with van der Waals surface area (Å²) in [7, 11) is 0. The number of nitrogen functional groups attached to an aromatic ring is 1. The first-order valence-electron chi connectivity index (χ1n) is 9.43. The number of anilines is 1. The zero-order valence-electron chi connectivity index (χ0n) is 15.8. The number of rotatable bonds is 3. The van der Waals surface area contributed by atoms with Crippen molar-refractivity contribution in [2.24, 2.45) is 0 Å². The fraction of sp³-hybridized carbons (Fsp3) is 0.200. The highest BCUT2D eigenvalue weighted by molar-refractivity contribution is 6.05. The van der Waals surface area contributed by atoms with Crippen LogP contribution in [0.5, 0.6) is 0 Å². The van der Waals surface area contributed by atoms with Crippen molar-refractivity contribution in [1.82, 2.24) is 30.2 Å². The van der Waals surface area contributed by atoms with E-state index in [1.54, 1.807) is 35.1 Å². The molecule has 2 aromatic heterocycles. The van der Waals surface area contributed by atoms with Gasteiger partial charge in [-0.25, -0.2) is 9.67 Å². The van der Waals surface area contributed by atoms with Gasteiger partial charge in [0.15, 0.2) is 0 Å². The van der Waals surface area contributed by atoms with Crippen LogP contribution in [0.1, 0.15) is 28.8 Å². The highest BCUT2D eigenvalue weighted by Crippen LogP contribution is 2.29. The van der Waals surface area contributed by atoms with Crippen LogP contribution in [-0.4, -0.2) is 48.6 Å². The van der Waals surface area contributed by atoms with Gasteiger partial charge in [-0.3, -0.25) is 19.7 Å². The van der Waals surface area contributed by atoms with Gasteiger partial charge in [0.25, 0.3) is 5.91 Å². The lowest BCUT2D eigenvalue weighted by atomic mass is 10.0. The molecule has 0 bridgehead atoms. The molecule has 2 aliphatic rings. The third kappa shape index (κ3) is 2.98. The maximum atomic E-state index is 13.0. The number of hydrogen-bond acceptors (Lipinski definition) is 7. The lowest BCUT2D eigenvalue weighted by Crippen LogP contribution is -2.52. The summed E-state index contributed by atoms with van der Waals surface area (Å²) in [5.41, 5.74) is 8.88. The Balaban J connectivity index is 1.42. The first kappa shape index (κ1) is 18.0. The lowest BCUT2D eigenvalue weighted by molar-refractivity contribution is -0.136. The predicted molar refractivity (Wildman–Crippen MR) is 105 cm³/mol. The first-order valence-corrected chi connectivity index (χ1v) is 9.43. The molecule has 3 N–H and O–H groups in total. The zero-order chi connectivity index (χ0) is 20.8. The highest BCUT2D eigenvalue weighted by atomic mass is 16.2. The summed E-state index contributed by atoms with van der Waals surface area (Å²) in [5, 5.41) is 10.6. The first-order chi connectivity index (χ1) is 14.5. The molecule has 1 aromatic carbocycles. The van der Waals surface area contributed by atoms with Crippen molar-refractivity contribution in [2.75, 3.05) is 5.73 Å². The van der Waals surface area contributed by atoms with Gasteiger partial charge in [-0.1, -0.05) is 17.3 Å². The van der Waals surface area contributed by atoms with Gasteiger partial charge < -0.3 is 10.6 Å². The van der Waals surface area contributed by atoms with Gasteiger partial charge in [0.2, 0.25) is 11.8 Å². The van der Waals surface area contributed by atoms with Crippen LogP contribution in [0.2, 0.25) is 0 Å². The van der Waals surface area contributed by atoms with Crippen molar-refractivity contribution in [3.8, 4) is 17.1 Å². The van der Waals surface area contributed by atoms with Crippen LogP contribution in [0, 0.1) is 0 Å². The summed E-state index contributed by atoms with van der Waals surface area (Å²) in [6, 6.07) is 10.0. The van der Waals surface area contributed by atoms with E-state index in [0.717, 1.165) is 5.56 Å². The molecule has 4 heterocycles. The summed E-state index contributed by atoms with van der Waals surface area (Å²) in [6.45, 7) is 0.330. The Morgan fingerprint density at radius 2 is 1.97 bits per heavy atom. The van der Waals surface area contributed by atoms with E-state index in [1.165, 1.54) is 4.90 Å². The van der Waals surface area contributed by atoms with E-state index < -0.39 is 11.9 Å². The van der Waals surface area contributed by atoms with E-state index in [2.05, 4.69) is 20.6 Å². The summed E-state index contributed by atoms with van der Waals surface area (Å²) >= 11 is 0. The minimum atomic E-state index is -0.640. The van der Waals surface area contributed by atoms with Crippen LogP contribution in [0.15, 0.2) is 42.6 Å². The molecular weight excluding hydrogens is 386 g/mol. The molecule has 5 rings (SSSR count). The summed E-state index contributed by atoms with van der Waals surface area (Å²) < 4.78 is 1.56. The van der Waals surface area contributed by atoms with E-state index in [1.807, 2.05) is 12.1 Å². The maximum absolute atomic E-state index is 13.0. The monoisotopic (exact) mass is 403 g/mol. The molecule has 1 fully saturated rings. The number of fused-ring (bicyclic) bond motifs is 1. The minimum absolute atomic E-state index is 0.224. The van der Waals surface area contributed by atoms with Gasteiger partial charge >= 0.3 is 0 Å². The van der Waals surface area contributed by atoms with Gasteiger partial charge in [0.1, 0.15) is 17.6 Å². The smallest absolute Gasteiger partial charge is 0.255 e. The number of pyridine rings is 1. The Morgan fingerprint density at radius 1 is 1.10 bits per heavy atom. The Hall–Kier alpha value is -4.08. The Kier molecular flexibility index (Phi) is 4.05. The quantitative estimate of drug-likeness (QED) is 0.614. The van der Waals surface area contributed by atoms with Crippen LogP contribution in [0.4, 0.5) is 5.82 Å². The van der Waals surface area contributed by atoms with Crippen molar-refractivity contribution in [3.63, 3.8) is 0 Å². The number of nitrogens with one attached hydrogen (secondary N) is 1. The van der Waals surface area contributed by atoms with Crippen molar-refractivity contribution >= 4 is 23.5 Å². The van der Waals surface area contributed by atoms with Crippen LogP contribution in [-0.2, 0) is 16.1 Å². The van der Waals surface area contributed by atoms with Gasteiger partial charge in [0.05, 0.1) is 17.6 Å². The number of nitrogens with zero attached hydrogens (tertiary/aromatic N) is 5. The number of piperidine rings is 1. The number of nitrogens with two attached hydrogens (primary N) is 1. The molecule has 150 valence electrons. The number of aromatic nitrogens is 4. The van der Waals surface area contributed by atoms with E-state index >= 15 is 0 Å². The van der Waals surface area contributed by atoms with E-state index in [9.17, 15) is 14.4 Å². The number of carbonyl (C=O) groups is 3. The number of benzene rings is 1. The second kappa shape index (κ2) is 6.76. The van der Waals surface area contributed by atoms with Crippen molar-refractivity contribution in [1.29, 1.82) is 0 Å². The van der Waals surface area contributed by atoms with Gasteiger partial charge in [0, 0.05) is 18.5 Å². The van der Waals surface area contributed by atoms with E-state index in [4.69, 9.17) is 5.73 Å². The molecular formula is C20H17N7O3. The third-order valence-corrected chi connectivity index (χ3v) is 5.30. The van der Waals surface area contributed by atoms with Crippen LogP contribution in [0.25, 0.3) is 17.1 Å². The van der Waals surface area contributed by atoms with Crippen LogP contribution >= 0.6 is 0 Å². The molecule has 2 aliphatic heterocycles. The molecule has 1 unspecified atom stereocenters. The summed E-state index contributed by atoms with van der Waals surface area (Å²) in [4.78, 5) is 42.3. The third-order valence-electron chi connectivity index (χ3n) is 5.30. The van der Waals surface area contributed by atoms with E-state index in [0.29, 0.717) is 41.4 Å². The zero-order valence-corrected chi connectivity index (χ0v) is 15.8. The highest BCUT2D eigenvalue weighted by Gasteiger charge is 2.39. The summed E-state index contributed by atoms with van der Waals surface area (Å²) in [6.07, 6.45) is 2.26.